The van der Waals surface area contributed by atoms with E-state index in [1.54, 1.807) is 0 Å². The first-order valence-electron chi connectivity index (χ1n) is 6.75. The number of likely N-dealkylation sites (tertiary alicyclic amines) is 1. The summed E-state index contributed by atoms with van der Waals surface area (Å²) in [4.78, 5) is 2.66. The molecule has 0 aliphatic carbocycles. The summed E-state index contributed by atoms with van der Waals surface area (Å²) in [7, 11) is 0. The van der Waals surface area contributed by atoms with Crippen LogP contribution in [0.2, 0.25) is 0 Å². The first-order chi connectivity index (χ1) is 7.47. The van der Waals surface area contributed by atoms with Gasteiger partial charge in [-0.25, -0.2) is 0 Å². The van der Waals surface area contributed by atoms with E-state index in [4.69, 9.17) is 0 Å². The van der Waals surface area contributed by atoms with Crippen molar-refractivity contribution in [2.75, 3.05) is 25.0 Å². The van der Waals surface area contributed by atoms with Crippen LogP contribution < -0.4 is 0 Å². The van der Waals surface area contributed by atoms with Crippen molar-refractivity contribution in [3.63, 3.8) is 0 Å². The van der Waals surface area contributed by atoms with E-state index in [9.17, 15) is 0 Å². The highest BCUT2D eigenvalue weighted by Gasteiger charge is 2.29. The fraction of sp³-hybridized carbons (Fsp3) is 1.00. The molecule has 0 amide bonds. The smallest absolute Gasteiger partial charge is 0.00717 e. The highest BCUT2D eigenvalue weighted by atomic mass is 79.9. The van der Waals surface area contributed by atoms with E-state index in [0.29, 0.717) is 5.41 Å². The lowest BCUT2D eigenvalue weighted by Crippen LogP contribution is -2.40. The fourth-order valence-corrected chi connectivity index (χ4v) is 3.30. The summed E-state index contributed by atoms with van der Waals surface area (Å²) in [5.41, 5.74) is 0.506. The summed E-state index contributed by atoms with van der Waals surface area (Å²) in [6.45, 7) is 13.4. The van der Waals surface area contributed by atoms with Gasteiger partial charge in [0.2, 0.25) is 0 Å². The summed E-state index contributed by atoms with van der Waals surface area (Å²) in [5, 5.41) is 1.16. The number of nitrogens with zero attached hydrogens (tertiary/aromatic N) is 1. The largest absolute Gasteiger partial charge is 0.303 e. The monoisotopic (exact) mass is 289 g/mol. The van der Waals surface area contributed by atoms with Crippen LogP contribution in [0, 0.1) is 17.3 Å². The molecular formula is C14H28BrN. The molecule has 0 bridgehead atoms. The standard InChI is InChI=1S/C14H28BrN/c1-5-12(10-15)11-16-8-6-13(7-9-16)14(2,3)4/h12-13H,5-11H2,1-4H3. The van der Waals surface area contributed by atoms with E-state index >= 15 is 0 Å². The van der Waals surface area contributed by atoms with Gasteiger partial charge in [0.1, 0.15) is 0 Å². The van der Waals surface area contributed by atoms with Crippen molar-refractivity contribution in [1.82, 2.24) is 4.90 Å². The van der Waals surface area contributed by atoms with E-state index < -0.39 is 0 Å². The molecule has 1 saturated heterocycles. The molecule has 96 valence electrons. The zero-order valence-corrected chi connectivity index (χ0v) is 13.0. The van der Waals surface area contributed by atoms with Gasteiger partial charge in [0.05, 0.1) is 0 Å². The molecular weight excluding hydrogens is 262 g/mol. The van der Waals surface area contributed by atoms with Gasteiger partial charge in [0, 0.05) is 11.9 Å². The van der Waals surface area contributed by atoms with Crippen LogP contribution in [-0.2, 0) is 0 Å². The maximum Gasteiger partial charge on any atom is 0.00717 e. The molecule has 1 rings (SSSR count). The van der Waals surface area contributed by atoms with Crippen molar-refractivity contribution >= 4 is 15.9 Å². The second-order valence-corrected chi connectivity index (χ2v) is 7.02. The Morgan fingerprint density at radius 2 is 1.81 bits per heavy atom. The Hall–Kier alpha value is 0.440. The molecule has 1 unspecified atom stereocenters. The number of halogens is 1. The number of piperidine rings is 1. The van der Waals surface area contributed by atoms with Crippen molar-refractivity contribution in [2.45, 2.75) is 47.0 Å². The first-order valence-corrected chi connectivity index (χ1v) is 7.87. The average molecular weight is 290 g/mol. The second-order valence-electron chi connectivity index (χ2n) is 6.37. The molecule has 0 aromatic carbocycles. The molecule has 1 aliphatic heterocycles. The lowest BCUT2D eigenvalue weighted by Gasteiger charge is -2.39. The average Bonchev–Trinajstić information content (AvgIpc) is 2.25. The minimum atomic E-state index is 0.506. The van der Waals surface area contributed by atoms with Crippen molar-refractivity contribution in [2.24, 2.45) is 17.3 Å². The Morgan fingerprint density at radius 1 is 1.25 bits per heavy atom. The molecule has 1 aliphatic rings. The van der Waals surface area contributed by atoms with Crippen LogP contribution in [0.1, 0.15) is 47.0 Å². The Labute approximate surface area is 110 Å². The van der Waals surface area contributed by atoms with Crippen molar-refractivity contribution in [3.05, 3.63) is 0 Å². The van der Waals surface area contributed by atoms with Crippen LogP contribution in [-0.4, -0.2) is 29.9 Å². The Balaban J connectivity index is 2.32. The zero-order chi connectivity index (χ0) is 12.2. The number of hydrogen-bond donors (Lipinski definition) is 0. The van der Waals surface area contributed by atoms with Crippen molar-refractivity contribution < 1.29 is 0 Å². The summed E-state index contributed by atoms with van der Waals surface area (Å²) in [6, 6.07) is 0. The summed E-state index contributed by atoms with van der Waals surface area (Å²) in [6.07, 6.45) is 4.08. The number of hydrogen-bond acceptors (Lipinski definition) is 1. The fourth-order valence-electron chi connectivity index (χ4n) is 2.63. The van der Waals surface area contributed by atoms with Gasteiger partial charge in [0.15, 0.2) is 0 Å². The number of rotatable bonds is 4. The van der Waals surface area contributed by atoms with Crippen LogP contribution in [0.15, 0.2) is 0 Å². The normalized spacial score (nSPS) is 22.3. The van der Waals surface area contributed by atoms with Crippen LogP contribution in [0.25, 0.3) is 0 Å². The predicted molar refractivity (Wildman–Crippen MR) is 76.2 cm³/mol. The third-order valence-electron chi connectivity index (χ3n) is 4.12. The van der Waals surface area contributed by atoms with E-state index in [-0.39, 0.29) is 0 Å². The highest BCUT2D eigenvalue weighted by molar-refractivity contribution is 9.09. The molecule has 16 heavy (non-hydrogen) atoms. The maximum atomic E-state index is 3.62. The maximum absolute atomic E-state index is 3.62. The van der Waals surface area contributed by atoms with Gasteiger partial charge < -0.3 is 4.90 Å². The molecule has 0 N–H and O–H groups in total. The third kappa shape index (κ3) is 4.37. The first kappa shape index (κ1) is 14.5. The molecule has 0 saturated carbocycles. The van der Waals surface area contributed by atoms with Crippen LogP contribution in [0.5, 0.6) is 0 Å². The Morgan fingerprint density at radius 3 is 2.19 bits per heavy atom. The summed E-state index contributed by atoms with van der Waals surface area (Å²) >= 11 is 3.62. The van der Waals surface area contributed by atoms with Crippen molar-refractivity contribution in [3.8, 4) is 0 Å². The van der Waals surface area contributed by atoms with Crippen molar-refractivity contribution in [1.29, 1.82) is 0 Å². The van der Waals surface area contributed by atoms with Gasteiger partial charge in [-0.3, -0.25) is 0 Å². The van der Waals surface area contributed by atoms with Gasteiger partial charge in [-0.1, -0.05) is 50.0 Å². The molecule has 0 spiro atoms. The van der Waals surface area contributed by atoms with E-state index in [2.05, 4.69) is 48.5 Å². The molecule has 1 nitrogen and oxygen atoms in total. The quantitative estimate of drug-likeness (QED) is 0.703. The van der Waals surface area contributed by atoms with E-state index in [1.807, 2.05) is 0 Å². The lowest BCUT2D eigenvalue weighted by molar-refractivity contribution is 0.103. The zero-order valence-electron chi connectivity index (χ0n) is 11.4. The lowest BCUT2D eigenvalue weighted by atomic mass is 9.75. The Bertz CT molecular complexity index is 185. The minimum absolute atomic E-state index is 0.506. The van der Waals surface area contributed by atoms with Gasteiger partial charge in [-0.15, -0.1) is 0 Å². The van der Waals surface area contributed by atoms with E-state index in [0.717, 1.165) is 17.2 Å². The topological polar surface area (TPSA) is 3.24 Å². The molecule has 1 fully saturated rings. The summed E-state index contributed by atoms with van der Waals surface area (Å²) in [5.74, 6) is 1.76. The van der Waals surface area contributed by atoms with Crippen LogP contribution in [0.4, 0.5) is 0 Å². The summed E-state index contributed by atoms with van der Waals surface area (Å²) < 4.78 is 0. The van der Waals surface area contributed by atoms with Crippen LogP contribution >= 0.6 is 15.9 Å². The Kier molecular flexibility index (Phi) is 5.79. The van der Waals surface area contributed by atoms with Gasteiger partial charge in [-0.05, 0) is 43.2 Å². The SMILES string of the molecule is CCC(CBr)CN1CCC(C(C)(C)C)CC1. The van der Waals surface area contributed by atoms with E-state index in [1.165, 1.54) is 38.9 Å². The molecule has 1 heterocycles. The highest BCUT2D eigenvalue weighted by Crippen LogP contribution is 2.34. The minimum Gasteiger partial charge on any atom is -0.303 e. The molecule has 0 aromatic heterocycles. The second kappa shape index (κ2) is 6.39. The molecule has 0 radical (unpaired) electrons. The molecule has 0 aromatic rings. The van der Waals surface area contributed by atoms with Gasteiger partial charge >= 0.3 is 0 Å². The molecule has 1 atom stereocenters. The molecule has 2 heteroatoms. The van der Waals surface area contributed by atoms with Gasteiger partial charge in [0.25, 0.3) is 0 Å². The predicted octanol–water partition coefficient (Wildman–Crippen LogP) is 4.17. The van der Waals surface area contributed by atoms with Gasteiger partial charge in [-0.2, -0.15) is 0 Å². The third-order valence-corrected chi connectivity index (χ3v) is 5.04. The van der Waals surface area contributed by atoms with Crippen LogP contribution in [0.3, 0.4) is 0 Å². The number of alkyl halides is 1.